The summed E-state index contributed by atoms with van der Waals surface area (Å²) < 4.78 is 2.22. The zero-order valence-corrected chi connectivity index (χ0v) is 17.4. The van der Waals surface area contributed by atoms with Crippen LogP contribution in [0.5, 0.6) is 0 Å². The van der Waals surface area contributed by atoms with Gasteiger partial charge in [0.15, 0.2) is 5.82 Å². The Morgan fingerprint density at radius 2 is 1.67 bits per heavy atom. The van der Waals surface area contributed by atoms with Crippen LogP contribution in [0.15, 0.2) is 54.9 Å². The first-order valence-corrected chi connectivity index (χ1v) is 11.1. The predicted molar refractivity (Wildman–Crippen MR) is 116 cm³/mol. The second-order valence-electron chi connectivity index (χ2n) is 9.01. The lowest BCUT2D eigenvalue weighted by Gasteiger charge is -2.17. The van der Waals surface area contributed by atoms with Crippen LogP contribution in [-0.2, 0) is 4.79 Å². The number of rotatable bonds is 4. The van der Waals surface area contributed by atoms with Crippen molar-refractivity contribution in [3.8, 4) is 22.5 Å². The Bertz CT molecular complexity index is 1100. The minimum Gasteiger partial charge on any atom is -0.342 e. The predicted octanol–water partition coefficient (Wildman–Crippen LogP) is 4.84. The molecule has 0 bridgehead atoms. The van der Waals surface area contributed by atoms with E-state index in [1.54, 1.807) is 0 Å². The number of benzene rings is 2. The van der Waals surface area contributed by atoms with Crippen molar-refractivity contribution in [2.45, 2.75) is 31.7 Å². The quantitative estimate of drug-likeness (QED) is 0.609. The normalized spacial score (nSPS) is 25.1. The fourth-order valence-corrected chi connectivity index (χ4v) is 5.09. The summed E-state index contributed by atoms with van der Waals surface area (Å²) in [6.07, 6.45) is 6.20. The second kappa shape index (κ2) is 6.67. The van der Waals surface area contributed by atoms with Crippen molar-refractivity contribution in [2.24, 2.45) is 11.3 Å². The SMILES string of the molecule is O=C(C1CC1)N1CCC2(CC2n2cnnc2-c2ccc(-c3ccc(Cl)cc3)cc2)C1. The molecule has 1 amide bonds. The first-order chi connectivity index (χ1) is 14.6. The summed E-state index contributed by atoms with van der Waals surface area (Å²) in [6.45, 7) is 1.79. The van der Waals surface area contributed by atoms with Gasteiger partial charge in [0.05, 0.1) is 0 Å². The first-order valence-electron chi connectivity index (χ1n) is 10.7. The summed E-state index contributed by atoms with van der Waals surface area (Å²) in [5.41, 5.74) is 3.57. The van der Waals surface area contributed by atoms with E-state index in [9.17, 15) is 4.79 Å². The molecule has 2 aliphatic carbocycles. The minimum atomic E-state index is 0.213. The summed E-state index contributed by atoms with van der Waals surface area (Å²) in [4.78, 5) is 14.6. The molecule has 3 aliphatic rings. The maximum absolute atomic E-state index is 12.5. The van der Waals surface area contributed by atoms with Gasteiger partial charge in [-0.3, -0.25) is 4.79 Å². The van der Waals surface area contributed by atoms with Gasteiger partial charge in [0, 0.05) is 41.1 Å². The van der Waals surface area contributed by atoms with Crippen LogP contribution in [0.4, 0.5) is 0 Å². The molecule has 6 heteroatoms. The molecule has 2 saturated carbocycles. The molecule has 2 heterocycles. The topological polar surface area (TPSA) is 51.0 Å². The van der Waals surface area contributed by atoms with Crippen LogP contribution in [0.25, 0.3) is 22.5 Å². The number of carbonyl (C=O) groups excluding carboxylic acids is 1. The Morgan fingerprint density at radius 1 is 1.00 bits per heavy atom. The molecule has 2 atom stereocenters. The monoisotopic (exact) mass is 418 g/mol. The van der Waals surface area contributed by atoms with E-state index in [2.05, 4.69) is 43.9 Å². The molecule has 0 radical (unpaired) electrons. The zero-order valence-electron chi connectivity index (χ0n) is 16.7. The van der Waals surface area contributed by atoms with E-state index >= 15 is 0 Å². The van der Waals surface area contributed by atoms with Gasteiger partial charge in [-0.25, -0.2) is 0 Å². The fraction of sp³-hybridized carbons (Fsp3) is 0.375. The highest BCUT2D eigenvalue weighted by atomic mass is 35.5. The highest BCUT2D eigenvalue weighted by Crippen LogP contribution is 2.62. The average Bonchev–Trinajstić information content (AvgIpc) is 3.63. The molecule has 2 aromatic carbocycles. The molecular formula is C24H23ClN4O. The van der Waals surface area contributed by atoms with E-state index in [1.165, 1.54) is 0 Å². The van der Waals surface area contributed by atoms with Crippen molar-refractivity contribution in [3.05, 3.63) is 59.9 Å². The van der Waals surface area contributed by atoms with Crippen molar-refractivity contribution in [3.63, 3.8) is 0 Å². The lowest BCUT2D eigenvalue weighted by atomic mass is 10.0. The Labute approximate surface area is 180 Å². The molecule has 2 unspecified atom stereocenters. The summed E-state index contributed by atoms with van der Waals surface area (Å²) in [7, 11) is 0. The van der Waals surface area contributed by atoms with Gasteiger partial charge in [-0.05, 0) is 48.9 Å². The van der Waals surface area contributed by atoms with Crippen molar-refractivity contribution in [2.75, 3.05) is 13.1 Å². The molecule has 5 nitrogen and oxygen atoms in total. The zero-order chi connectivity index (χ0) is 20.3. The molecule has 6 rings (SSSR count). The number of amides is 1. The highest BCUT2D eigenvalue weighted by molar-refractivity contribution is 6.30. The molecule has 1 aliphatic heterocycles. The number of hydrogen-bond donors (Lipinski definition) is 0. The largest absolute Gasteiger partial charge is 0.342 e. The van der Waals surface area contributed by atoms with Gasteiger partial charge < -0.3 is 9.47 Å². The number of likely N-dealkylation sites (tertiary alicyclic amines) is 1. The van der Waals surface area contributed by atoms with Crippen LogP contribution < -0.4 is 0 Å². The van der Waals surface area contributed by atoms with Gasteiger partial charge in [-0.2, -0.15) is 0 Å². The van der Waals surface area contributed by atoms with Gasteiger partial charge in [-0.15, -0.1) is 10.2 Å². The molecule has 1 spiro atoms. The lowest BCUT2D eigenvalue weighted by molar-refractivity contribution is -0.131. The van der Waals surface area contributed by atoms with Crippen LogP contribution in [-0.4, -0.2) is 38.7 Å². The summed E-state index contributed by atoms with van der Waals surface area (Å²) in [5, 5.41) is 9.38. The van der Waals surface area contributed by atoms with Gasteiger partial charge in [0.2, 0.25) is 5.91 Å². The molecule has 3 fully saturated rings. The maximum atomic E-state index is 12.5. The van der Waals surface area contributed by atoms with Crippen LogP contribution in [0.2, 0.25) is 5.02 Å². The van der Waals surface area contributed by atoms with E-state index in [4.69, 9.17) is 11.6 Å². The number of hydrogen-bond acceptors (Lipinski definition) is 3. The maximum Gasteiger partial charge on any atom is 0.225 e. The standard InChI is InChI=1S/C24H23ClN4O/c25-20-9-7-17(8-10-20)16-1-3-18(4-2-16)22-27-26-15-29(22)21-13-24(21)11-12-28(14-24)23(30)19-5-6-19/h1-4,7-10,15,19,21H,5-6,11-14H2. The third-order valence-electron chi connectivity index (χ3n) is 7.00. The van der Waals surface area contributed by atoms with Gasteiger partial charge in [0.1, 0.15) is 6.33 Å². The molecule has 152 valence electrons. The van der Waals surface area contributed by atoms with E-state index < -0.39 is 0 Å². The van der Waals surface area contributed by atoms with E-state index in [0.29, 0.717) is 17.9 Å². The van der Waals surface area contributed by atoms with Crippen LogP contribution in [0, 0.1) is 11.3 Å². The van der Waals surface area contributed by atoms with Gasteiger partial charge in [-0.1, -0.05) is 48.0 Å². The molecule has 1 aromatic heterocycles. The van der Waals surface area contributed by atoms with Crippen LogP contribution in [0.3, 0.4) is 0 Å². The molecule has 3 aromatic rings. The number of nitrogens with zero attached hydrogens (tertiary/aromatic N) is 4. The third-order valence-corrected chi connectivity index (χ3v) is 7.25. The van der Waals surface area contributed by atoms with Crippen molar-refractivity contribution in [1.29, 1.82) is 0 Å². The molecule has 1 saturated heterocycles. The molecule has 0 N–H and O–H groups in total. The van der Waals surface area contributed by atoms with E-state index in [0.717, 1.165) is 66.3 Å². The first kappa shape index (κ1) is 18.1. The van der Waals surface area contributed by atoms with E-state index in [-0.39, 0.29) is 5.41 Å². The van der Waals surface area contributed by atoms with Crippen molar-refractivity contribution in [1.82, 2.24) is 19.7 Å². The van der Waals surface area contributed by atoms with Crippen molar-refractivity contribution < 1.29 is 4.79 Å². The van der Waals surface area contributed by atoms with E-state index in [1.807, 2.05) is 30.6 Å². The Morgan fingerprint density at radius 3 is 2.37 bits per heavy atom. The Kier molecular flexibility index (Phi) is 4.03. The third kappa shape index (κ3) is 3.03. The number of aromatic nitrogens is 3. The van der Waals surface area contributed by atoms with Crippen molar-refractivity contribution >= 4 is 17.5 Å². The van der Waals surface area contributed by atoms with Crippen LogP contribution in [0.1, 0.15) is 31.7 Å². The van der Waals surface area contributed by atoms with Gasteiger partial charge >= 0.3 is 0 Å². The van der Waals surface area contributed by atoms with Crippen LogP contribution >= 0.6 is 11.6 Å². The summed E-state index contributed by atoms with van der Waals surface area (Å²) >= 11 is 6.00. The number of halogens is 1. The second-order valence-corrected chi connectivity index (χ2v) is 9.45. The lowest BCUT2D eigenvalue weighted by Crippen LogP contribution is -2.30. The highest BCUT2D eigenvalue weighted by Gasteiger charge is 2.60. The fourth-order valence-electron chi connectivity index (χ4n) is 4.96. The molecular weight excluding hydrogens is 396 g/mol. The summed E-state index contributed by atoms with van der Waals surface area (Å²) in [5.74, 6) is 1.59. The molecule has 30 heavy (non-hydrogen) atoms. The smallest absolute Gasteiger partial charge is 0.225 e. The minimum absolute atomic E-state index is 0.213. The Balaban J connectivity index is 1.21. The summed E-state index contributed by atoms with van der Waals surface area (Å²) in [6, 6.07) is 16.7. The average molecular weight is 419 g/mol. The Hall–Kier alpha value is -2.66. The van der Waals surface area contributed by atoms with Gasteiger partial charge in [0.25, 0.3) is 0 Å². The number of carbonyl (C=O) groups is 1.